The zero-order valence-corrected chi connectivity index (χ0v) is 27.8. The quantitative estimate of drug-likeness (QED) is 0.221. The standard InChI is InChI=1S/C30H40N4O7.2C2H6/c1-4-17-19-10-15-9-18-20(34(2)3)11-16(13-33-12-14-5-7-32-8-6-14)24(35)22(18)26(37)21(15)27(38)30(19,41)28(39)23(25(17)36)29(31)40;2*1-2/h11,14-15,17,19,32-33,35,37,39,41H,4-10,12-13H2,1-3H3,(H2,31,40);2*1-2H3/t15?,17-,19+,30+;;/m1../s1. The van der Waals surface area contributed by atoms with Crippen LogP contribution in [-0.2, 0) is 27.3 Å². The minimum absolute atomic E-state index is 0.106. The Hall–Kier alpha value is -3.41. The summed E-state index contributed by atoms with van der Waals surface area (Å²) in [5, 5.41) is 52.4. The first-order chi connectivity index (χ1) is 21.4. The van der Waals surface area contributed by atoms with Crippen LogP contribution in [0.15, 0.2) is 23.0 Å². The summed E-state index contributed by atoms with van der Waals surface area (Å²) in [5.74, 6) is -6.56. The van der Waals surface area contributed by atoms with Gasteiger partial charge in [-0.25, -0.2) is 0 Å². The van der Waals surface area contributed by atoms with Crippen LogP contribution >= 0.6 is 0 Å². The number of nitrogens with one attached hydrogen (secondary N) is 2. The molecule has 4 atom stereocenters. The topological polar surface area (TPSA) is 185 Å². The molecule has 0 spiro atoms. The Kier molecular flexibility index (Phi) is 11.9. The maximum absolute atomic E-state index is 14.0. The molecule has 2 fully saturated rings. The number of fused-ring (bicyclic) bond motifs is 3. The summed E-state index contributed by atoms with van der Waals surface area (Å²) in [6, 6.07) is 1.88. The minimum Gasteiger partial charge on any atom is -0.508 e. The molecule has 11 heteroatoms. The van der Waals surface area contributed by atoms with Crippen molar-refractivity contribution in [2.75, 3.05) is 38.6 Å². The fraction of sp³-hybridized carbons (Fsp3) is 0.618. The molecule has 1 amide bonds. The fourth-order valence-electron chi connectivity index (χ4n) is 7.39. The number of nitrogens with two attached hydrogens (primary N) is 1. The lowest BCUT2D eigenvalue weighted by Gasteiger charge is -2.49. The van der Waals surface area contributed by atoms with Crippen LogP contribution in [0, 0.1) is 23.7 Å². The van der Waals surface area contributed by atoms with E-state index in [-0.39, 0.29) is 36.1 Å². The number of nitrogens with zero attached hydrogens (tertiary/aromatic N) is 1. The van der Waals surface area contributed by atoms with Crippen LogP contribution in [0.25, 0.3) is 5.76 Å². The third kappa shape index (κ3) is 6.22. The maximum Gasteiger partial charge on any atom is 0.255 e. The van der Waals surface area contributed by atoms with Crippen LogP contribution < -0.4 is 21.3 Å². The van der Waals surface area contributed by atoms with E-state index in [2.05, 4.69) is 10.6 Å². The second-order valence-corrected chi connectivity index (χ2v) is 12.0. The summed E-state index contributed by atoms with van der Waals surface area (Å²) >= 11 is 0. The maximum atomic E-state index is 14.0. The Morgan fingerprint density at radius 3 is 2.29 bits per heavy atom. The van der Waals surface area contributed by atoms with Crippen LogP contribution in [0.4, 0.5) is 5.69 Å². The third-order valence-electron chi connectivity index (χ3n) is 9.52. The number of amides is 1. The number of aliphatic hydroxyl groups is 3. The van der Waals surface area contributed by atoms with Crippen LogP contribution in [0.1, 0.15) is 77.0 Å². The van der Waals surface area contributed by atoms with Gasteiger partial charge in [0.05, 0.1) is 5.56 Å². The Morgan fingerprint density at radius 1 is 1.11 bits per heavy atom. The van der Waals surface area contributed by atoms with E-state index < -0.39 is 57.9 Å². The molecule has 0 bridgehead atoms. The molecule has 1 aromatic rings. The zero-order valence-electron chi connectivity index (χ0n) is 27.8. The summed E-state index contributed by atoms with van der Waals surface area (Å²) in [6.07, 6.45) is 2.73. The lowest BCUT2D eigenvalue weighted by atomic mass is 9.55. The second-order valence-electron chi connectivity index (χ2n) is 12.0. The first-order valence-electron chi connectivity index (χ1n) is 16.4. The van der Waals surface area contributed by atoms with E-state index in [1.54, 1.807) is 6.92 Å². The Balaban J connectivity index is 0.00000133. The van der Waals surface area contributed by atoms with Gasteiger partial charge in [-0.15, -0.1) is 0 Å². The number of Topliss-reactive ketones (excluding diaryl/α,β-unsaturated/α-hetero) is 2. The molecule has 11 nitrogen and oxygen atoms in total. The highest BCUT2D eigenvalue weighted by Crippen LogP contribution is 2.55. The molecule has 3 aliphatic carbocycles. The molecule has 250 valence electrons. The first kappa shape index (κ1) is 36.1. The number of carbonyl (C=O) groups is 3. The molecule has 1 saturated carbocycles. The Morgan fingerprint density at radius 2 is 1.73 bits per heavy atom. The zero-order chi connectivity index (χ0) is 33.8. The summed E-state index contributed by atoms with van der Waals surface area (Å²) in [7, 11) is 3.72. The normalized spacial score (nSPS) is 26.1. The van der Waals surface area contributed by atoms with E-state index in [1.165, 1.54) is 0 Å². The van der Waals surface area contributed by atoms with Gasteiger partial charge in [0, 0.05) is 49.3 Å². The number of anilines is 1. The first-order valence-corrected chi connectivity index (χ1v) is 16.4. The lowest BCUT2D eigenvalue weighted by Crippen LogP contribution is -2.61. The van der Waals surface area contributed by atoms with Crippen LogP contribution in [0.5, 0.6) is 5.75 Å². The third-order valence-corrected chi connectivity index (χ3v) is 9.52. The van der Waals surface area contributed by atoms with Gasteiger partial charge in [0.1, 0.15) is 22.8 Å². The highest BCUT2D eigenvalue weighted by Gasteiger charge is 2.63. The van der Waals surface area contributed by atoms with Gasteiger partial charge in [-0.1, -0.05) is 34.6 Å². The van der Waals surface area contributed by atoms with Crippen molar-refractivity contribution in [1.29, 1.82) is 0 Å². The molecular weight excluding hydrogens is 576 g/mol. The van der Waals surface area contributed by atoms with Crippen LogP contribution in [0.2, 0.25) is 0 Å². The number of primary amides is 1. The summed E-state index contributed by atoms with van der Waals surface area (Å²) in [6.45, 7) is 12.8. The van der Waals surface area contributed by atoms with Gasteiger partial charge in [-0.3, -0.25) is 14.4 Å². The number of carbonyl (C=O) groups excluding carboxylic acids is 3. The highest BCUT2D eigenvalue weighted by molar-refractivity contribution is 6.23. The van der Waals surface area contributed by atoms with E-state index in [0.717, 1.165) is 38.2 Å². The predicted molar refractivity (Wildman–Crippen MR) is 175 cm³/mol. The van der Waals surface area contributed by atoms with Crippen molar-refractivity contribution in [1.82, 2.24) is 10.6 Å². The summed E-state index contributed by atoms with van der Waals surface area (Å²) < 4.78 is 0. The molecule has 8 N–H and O–H groups in total. The number of rotatable bonds is 7. The largest absolute Gasteiger partial charge is 0.508 e. The van der Waals surface area contributed by atoms with Gasteiger partial charge < -0.3 is 41.7 Å². The molecule has 1 aliphatic heterocycles. The minimum atomic E-state index is -2.59. The van der Waals surface area contributed by atoms with Gasteiger partial charge in [-0.05, 0) is 75.2 Å². The molecule has 0 radical (unpaired) electrons. The lowest BCUT2D eigenvalue weighted by molar-refractivity contribution is -0.153. The van der Waals surface area contributed by atoms with Gasteiger partial charge in [-0.2, -0.15) is 0 Å². The van der Waals surface area contributed by atoms with Crippen molar-refractivity contribution in [3.8, 4) is 5.75 Å². The molecule has 1 heterocycles. The van der Waals surface area contributed by atoms with E-state index in [4.69, 9.17) is 5.73 Å². The molecule has 5 rings (SSSR count). The van der Waals surface area contributed by atoms with Crippen molar-refractivity contribution in [3.05, 3.63) is 39.7 Å². The Labute approximate surface area is 266 Å². The number of piperidine rings is 1. The van der Waals surface area contributed by atoms with Gasteiger partial charge in [0.25, 0.3) is 5.91 Å². The number of aliphatic hydroxyl groups excluding tert-OH is 2. The van der Waals surface area contributed by atoms with Crippen LogP contribution in [0.3, 0.4) is 0 Å². The molecule has 0 aromatic heterocycles. The number of benzene rings is 1. The smallest absolute Gasteiger partial charge is 0.255 e. The van der Waals surface area contributed by atoms with Gasteiger partial charge >= 0.3 is 0 Å². The molecule has 1 aromatic carbocycles. The van der Waals surface area contributed by atoms with E-state index in [9.17, 15) is 34.8 Å². The molecule has 4 aliphatic rings. The summed E-state index contributed by atoms with van der Waals surface area (Å²) in [4.78, 5) is 41.1. The highest BCUT2D eigenvalue weighted by atomic mass is 16.3. The van der Waals surface area contributed by atoms with Crippen molar-refractivity contribution in [3.63, 3.8) is 0 Å². The number of aromatic hydroxyl groups is 1. The fourth-order valence-corrected chi connectivity index (χ4v) is 7.39. The van der Waals surface area contributed by atoms with E-state index >= 15 is 0 Å². The SMILES string of the molecule is CC.CC.CC[C@H]1C(=O)C(C(N)=O)=C(O)[C@@]2(O)C(=O)C3=C(O)c4c(O)c(CNCC5CCNCC5)cc(N(C)C)c4CC3C[C@@H]12. The number of ketones is 2. The number of hydrogen-bond acceptors (Lipinski definition) is 10. The van der Waals surface area contributed by atoms with Crippen molar-refractivity contribution in [2.24, 2.45) is 29.4 Å². The van der Waals surface area contributed by atoms with Crippen LogP contribution in [-0.4, -0.2) is 77.2 Å². The van der Waals surface area contributed by atoms with Gasteiger partial charge in [0.2, 0.25) is 5.78 Å². The summed E-state index contributed by atoms with van der Waals surface area (Å²) in [5.41, 5.74) is 3.99. The van der Waals surface area contributed by atoms with Crippen molar-refractivity contribution in [2.45, 2.75) is 78.9 Å². The van der Waals surface area contributed by atoms with Crippen molar-refractivity contribution < 1.29 is 34.8 Å². The van der Waals surface area contributed by atoms with Crippen molar-refractivity contribution >= 4 is 28.9 Å². The monoisotopic (exact) mass is 628 g/mol. The predicted octanol–water partition coefficient (Wildman–Crippen LogP) is 3.27. The number of hydrogen-bond donors (Lipinski definition) is 7. The average Bonchev–Trinajstić information content (AvgIpc) is 3.02. The van der Waals surface area contributed by atoms with E-state index in [0.29, 0.717) is 23.6 Å². The van der Waals surface area contributed by atoms with Gasteiger partial charge in [0.15, 0.2) is 11.4 Å². The molecule has 1 saturated heterocycles. The molecule has 45 heavy (non-hydrogen) atoms. The number of phenolic OH excluding ortho intramolecular Hbond substituents is 1. The second kappa shape index (κ2) is 14.8. The molecular formula is C34H52N4O7. The average molecular weight is 629 g/mol. The molecule has 1 unspecified atom stereocenters. The number of phenols is 1. The Bertz CT molecular complexity index is 1360. The van der Waals surface area contributed by atoms with E-state index in [1.807, 2.05) is 52.8 Å².